The maximum absolute atomic E-state index is 12.7. The van der Waals surface area contributed by atoms with Crippen LogP contribution in [0.1, 0.15) is 30.5 Å². The molecule has 130 valence electrons. The number of hydrogen-bond donors (Lipinski definition) is 1. The van der Waals surface area contributed by atoms with Crippen LogP contribution in [-0.4, -0.2) is 19.0 Å². The third-order valence-electron chi connectivity index (χ3n) is 3.81. The normalized spacial score (nSPS) is 10.9. The Bertz CT molecular complexity index is 1010. The van der Waals surface area contributed by atoms with Crippen molar-refractivity contribution in [2.75, 3.05) is 12.4 Å². The van der Waals surface area contributed by atoms with Crippen LogP contribution in [-0.2, 0) is 4.74 Å². The van der Waals surface area contributed by atoms with Gasteiger partial charge in [-0.05, 0) is 31.5 Å². The number of ether oxygens (including phenoxy) is 1. The Morgan fingerprint density at radius 2 is 1.88 bits per heavy atom. The summed E-state index contributed by atoms with van der Waals surface area (Å²) in [6.45, 7) is 3.70. The van der Waals surface area contributed by atoms with Crippen molar-refractivity contribution in [1.29, 1.82) is 0 Å². The number of anilines is 1. The van der Waals surface area contributed by atoms with Crippen molar-refractivity contribution in [3.8, 4) is 0 Å². The quantitative estimate of drug-likeness (QED) is 0.541. The van der Waals surface area contributed by atoms with Gasteiger partial charge in [0.15, 0.2) is 0 Å². The lowest BCUT2D eigenvalue weighted by atomic mass is 10.1. The highest BCUT2D eigenvalue weighted by molar-refractivity contribution is 7.22. The van der Waals surface area contributed by atoms with Gasteiger partial charge in [-0.15, -0.1) is 22.7 Å². The van der Waals surface area contributed by atoms with E-state index in [0.29, 0.717) is 30.9 Å². The largest absolute Gasteiger partial charge is 0.465 e. The van der Waals surface area contributed by atoms with E-state index in [1.54, 1.807) is 12.1 Å². The van der Waals surface area contributed by atoms with Crippen LogP contribution < -0.4 is 5.32 Å². The van der Waals surface area contributed by atoms with Crippen LogP contribution >= 0.6 is 45.9 Å². The summed E-state index contributed by atoms with van der Waals surface area (Å²) >= 11 is 15.1. The Labute approximate surface area is 162 Å². The summed E-state index contributed by atoms with van der Waals surface area (Å²) in [5.74, 6) is -0.865. The summed E-state index contributed by atoms with van der Waals surface area (Å²) < 4.78 is 5.65. The first-order valence-corrected chi connectivity index (χ1v) is 9.60. The second-order valence-electron chi connectivity index (χ2n) is 5.29. The second-order valence-corrected chi connectivity index (χ2v) is 8.35. The van der Waals surface area contributed by atoms with Gasteiger partial charge in [-0.3, -0.25) is 4.79 Å². The predicted octanol–water partition coefficient (Wildman–Crippen LogP) is 5.93. The van der Waals surface area contributed by atoms with E-state index in [9.17, 15) is 9.59 Å². The third-order valence-corrected chi connectivity index (χ3v) is 6.90. The smallest absolute Gasteiger partial charge is 0.341 e. The number of nitrogens with one attached hydrogen (secondary N) is 1. The zero-order valence-electron chi connectivity index (χ0n) is 13.5. The maximum atomic E-state index is 12.7. The topological polar surface area (TPSA) is 55.4 Å². The van der Waals surface area contributed by atoms with E-state index in [0.717, 1.165) is 15.1 Å². The van der Waals surface area contributed by atoms with Crippen LogP contribution in [0, 0.1) is 13.8 Å². The molecule has 2 heterocycles. The van der Waals surface area contributed by atoms with Gasteiger partial charge in [-0.25, -0.2) is 4.79 Å². The highest BCUT2D eigenvalue weighted by Gasteiger charge is 2.24. The van der Waals surface area contributed by atoms with Crippen LogP contribution in [0.4, 0.5) is 5.00 Å². The molecule has 4 nitrogen and oxygen atoms in total. The predicted molar refractivity (Wildman–Crippen MR) is 105 cm³/mol. The number of amides is 1. The minimum Gasteiger partial charge on any atom is -0.465 e. The molecule has 0 spiro atoms. The molecule has 25 heavy (non-hydrogen) atoms. The van der Waals surface area contributed by atoms with Gasteiger partial charge in [0.2, 0.25) is 0 Å². The monoisotopic (exact) mass is 413 g/mol. The van der Waals surface area contributed by atoms with E-state index < -0.39 is 5.97 Å². The summed E-state index contributed by atoms with van der Waals surface area (Å²) in [5, 5.41) is 4.71. The Morgan fingerprint density at radius 1 is 1.16 bits per heavy atom. The molecule has 0 fully saturated rings. The molecule has 0 atom stereocenters. The molecule has 0 aliphatic rings. The molecule has 1 N–H and O–H groups in total. The number of esters is 1. The summed E-state index contributed by atoms with van der Waals surface area (Å²) in [6, 6.07) is 5.39. The van der Waals surface area contributed by atoms with E-state index >= 15 is 0 Å². The minimum absolute atomic E-state index is 0.313. The van der Waals surface area contributed by atoms with Crippen molar-refractivity contribution >= 4 is 72.8 Å². The average Bonchev–Trinajstić information content (AvgIpc) is 3.05. The van der Waals surface area contributed by atoms with Gasteiger partial charge in [-0.2, -0.15) is 0 Å². The Morgan fingerprint density at radius 3 is 2.52 bits per heavy atom. The molecular weight excluding hydrogens is 401 g/mol. The van der Waals surface area contributed by atoms with Crippen LogP contribution in [0.5, 0.6) is 0 Å². The van der Waals surface area contributed by atoms with Crippen molar-refractivity contribution in [2.24, 2.45) is 0 Å². The van der Waals surface area contributed by atoms with Crippen molar-refractivity contribution in [3.63, 3.8) is 0 Å². The molecule has 3 aromatic rings. The lowest BCUT2D eigenvalue weighted by Crippen LogP contribution is -2.13. The molecule has 0 aliphatic heterocycles. The molecule has 8 heteroatoms. The van der Waals surface area contributed by atoms with Gasteiger partial charge in [0.05, 0.1) is 22.7 Å². The summed E-state index contributed by atoms with van der Waals surface area (Å²) in [5.41, 5.74) is 1.16. The second kappa shape index (κ2) is 6.96. The van der Waals surface area contributed by atoms with E-state index in [1.165, 1.54) is 29.8 Å². The number of benzene rings is 1. The van der Waals surface area contributed by atoms with Crippen molar-refractivity contribution in [2.45, 2.75) is 13.8 Å². The maximum Gasteiger partial charge on any atom is 0.341 e. The first-order chi connectivity index (χ1) is 11.8. The van der Waals surface area contributed by atoms with Crippen LogP contribution in [0.2, 0.25) is 10.0 Å². The molecule has 2 aromatic heterocycles. The molecule has 0 aliphatic carbocycles. The lowest BCUT2D eigenvalue weighted by molar-refractivity contribution is 0.0601. The van der Waals surface area contributed by atoms with Crippen LogP contribution in [0.3, 0.4) is 0 Å². The first kappa shape index (κ1) is 18.2. The summed E-state index contributed by atoms with van der Waals surface area (Å²) in [6.07, 6.45) is 0. The Kier molecular flexibility index (Phi) is 5.06. The molecule has 1 amide bonds. The highest BCUT2D eigenvalue weighted by atomic mass is 35.5. The SMILES string of the molecule is COC(=O)c1c(NC(=O)c2sc3cccc(Cl)c3c2Cl)sc(C)c1C. The summed E-state index contributed by atoms with van der Waals surface area (Å²) in [4.78, 5) is 26.0. The van der Waals surface area contributed by atoms with Gasteiger partial charge >= 0.3 is 5.97 Å². The molecular formula is C17H13Cl2NO3S2. The molecule has 3 rings (SSSR count). The van der Waals surface area contributed by atoms with E-state index in [-0.39, 0.29) is 5.91 Å². The molecule has 0 saturated carbocycles. The molecule has 1 aromatic carbocycles. The number of carbonyl (C=O) groups excluding carboxylic acids is 2. The fourth-order valence-corrected chi connectivity index (χ4v) is 5.33. The van der Waals surface area contributed by atoms with Crippen LogP contribution in [0.15, 0.2) is 18.2 Å². The molecule has 0 radical (unpaired) electrons. The van der Waals surface area contributed by atoms with E-state index in [2.05, 4.69) is 5.32 Å². The van der Waals surface area contributed by atoms with Gasteiger partial charge in [-0.1, -0.05) is 29.3 Å². The third kappa shape index (κ3) is 3.15. The zero-order chi connectivity index (χ0) is 18.3. The molecule has 0 unspecified atom stereocenters. The minimum atomic E-state index is -0.484. The Balaban J connectivity index is 2.02. The number of aryl methyl sites for hydroxylation is 1. The number of halogens is 2. The number of carbonyl (C=O) groups is 2. The van der Waals surface area contributed by atoms with Crippen molar-refractivity contribution < 1.29 is 14.3 Å². The summed E-state index contributed by atoms with van der Waals surface area (Å²) in [7, 11) is 1.31. The van der Waals surface area contributed by atoms with Gasteiger partial charge < -0.3 is 10.1 Å². The van der Waals surface area contributed by atoms with Crippen molar-refractivity contribution in [1.82, 2.24) is 0 Å². The number of thiophene rings is 2. The number of rotatable bonds is 3. The van der Waals surface area contributed by atoms with Gasteiger partial charge in [0.1, 0.15) is 9.88 Å². The Hall–Kier alpha value is -1.60. The lowest BCUT2D eigenvalue weighted by Gasteiger charge is -2.05. The first-order valence-electron chi connectivity index (χ1n) is 7.21. The number of fused-ring (bicyclic) bond motifs is 1. The number of hydrogen-bond acceptors (Lipinski definition) is 5. The van der Waals surface area contributed by atoms with Gasteiger partial charge in [0, 0.05) is 15.0 Å². The fourth-order valence-electron chi connectivity index (χ4n) is 2.44. The van der Waals surface area contributed by atoms with E-state index in [1.807, 2.05) is 19.9 Å². The van der Waals surface area contributed by atoms with E-state index in [4.69, 9.17) is 27.9 Å². The zero-order valence-corrected chi connectivity index (χ0v) is 16.7. The highest BCUT2D eigenvalue weighted by Crippen LogP contribution is 2.40. The molecule has 0 bridgehead atoms. The van der Waals surface area contributed by atoms with Crippen LogP contribution in [0.25, 0.3) is 10.1 Å². The molecule has 0 saturated heterocycles. The number of methoxy groups -OCH3 is 1. The standard InChI is InChI=1S/C17H13Cl2NO3S2/c1-7-8(2)24-16(11(7)17(22)23-3)20-15(21)14-13(19)12-9(18)5-4-6-10(12)25-14/h4-6H,1-3H3,(H,20,21). The fraction of sp³-hybridized carbons (Fsp3) is 0.176. The van der Waals surface area contributed by atoms with Crippen molar-refractivity contribution in [3.05, 3.63) is 49.1 Å². The van der Waals surface area contributed by atoms with Gasteiger partial charge in [0.25, 0.3) is 5.91 Å². The average molecular weight is 414 g/mol.